The second kappa shape index (κ2) is 5.83. The minimum Gasteiger partial charge on any atom is -0.497 e. The van der Waals surface area contributed by atoms with Crippen molar-refractivity contribution in [2.45, 2.75) is 6.54 Å². The van der Waals surface area contributed by atoms with Crippen molar-refractivity contribution in [2.24, 2.45) is 0 Å². The molecule has 2 N–H and O–H groups in total. The summed E-state index contributed by atoms with van der Waals surface area (Å²) in [5, 5.41) is 18.6. The Balaban J connectivity index is 2.03. The summed E-state index contributed by atoms with van der Waals surface area (Å²) in [4.78, 5) is 23.4. The molecule has 0 aliphatic rings. The second-order valence-corrected chi connectivity index (χ2v) is 3.84. The van der Waals surface area contributed by atoms with Gasteiger partial charge in [0, 0.05) is 5.56 Å². The Labute approximate surface area is 114 Å². The fraction of sp³-hybridized carbons (Fsp3) is 0.167. The van der Waals surface area contributed by atoms with Crippen molar-refractivity contribution in [3.63, 3.8) is 0 Å². The van der Waals surface area contributed by atoms with Gasteiger partial charge in [0.05, 0.1) is 13.3 Å². The van der Waals surface area contributed by atoms with Gasteiger partial charge in [-0.1, -0.05) is 0 Å². The molecule has 0 spiro atoms. The summed E-state index contributed by atoms with van der Waals surface area (Å²) >= 11 is 0. The van der Waals surface area contributed by atoms with E-state index < -0.39 is 5.97 Å². The fourth-order valence-corrected chi connectivity index (χ4v) is 1.48. The smallest absolute Gasteiger partial charge is 0.327 e. The highest BCUT2D eigenvalue weighted by Gasteiger charge is 2.09. The van der Waals surface area contributed by atoms with Crippen molar-refractivity contribution in [3.05, 3.63) is 36.0 Å². The molecule has 1 aromatic heterocycles. The highest BCUT2D eigenvalue weighted by molar-refractivity contribution is 6.03. The van der Waals surface area contributed by atoms with E-state index in [0.717, 1.165) is 4.80 Å². The molecule has 0 atom stereocenters. The summed E-state index contributed by atoms with van der Waals surface area (Å²) in [5.41, 5.74) is 0.429. The lowest BCUT2D eigenvalue weighted by molar-refractivity contribution is -0.138. The zero-order valence-corrected chi connectivity index (χ0v) is 10.6. The predicted octanol–water partition coefficient (Wildman–Crippen LogP) is 0.624. The third-order valence-corrected chi connectivity index (χ3v) is 2.41. The first-order valence-corrected chi connectivity index (χ1v) is 5.66. The summed E-state index contributed by atoms with van der Waals surface area (Å²) in [7, 11) is 1.54. The van der Waals surface area contributed by atoms with E-state index in [1.54, 1.807) is 24.3 Å². The third-order valence-electron chi connectivity index (χ3n) is 2.41. The number of carbonyl (C=O) groups excluding carboxylic acids is 1. The number of aromatic nitrogens is 3. The molecule has 104 valence electrons. The topological polar surface area (TPSA) is 106 Å². The second-order valence-electron chi connectivity index (χ2n) is 3.84. The Kier molecular flexibility index (Phi) is 3.94. The van der Waals surface area contributed by atoms with E-state index in [1.165, 1.54) is 13.3 Å². The predicted molar refractivity (Wildman–Crippen MR) is 68.6 cm³/mol. The van der Waals surface area contributed by atoms with Crippen LogP contribution < -0.4 is 10.1 Å². The van der Waals surface area contributed by atoms with E-state index in [2.05, 4.69) is 15.5 Å². The van der Waals surface area contributed by atoms with Crippen LogP contribution in [0, 0.1) is 0 Å². The molecule has 2 rings (SSSR count). The van der Waals surface area contributed by atoms with Crippen molar-refractivity contribution in [3.8, 4) is 5.75 Å². The number of rotatable bonds is 5. The minimum absolute atomic E-state index is 0.187. The lowest BCUT2D eigenvalue weighted by atomic mass is 10.2. The summed E-state index contributed by atoms with van der Waals surface area (Å²) in [5.74, 6) is -0.593. The van der Waals surface area contributed by atoms with E-state index in [0.29, 0.717) is 11.3 Å². The Morgan fingerprint density at radius 2 is 2.05 bits per heavy atom. The lowest BCUT2D eigenvalue weighted by Gasteiger charge is -2.03. The van der Waals surface area contributed by atoms with Crippen LogP contribution in [0.5, 0.6) is 5.75 Å². The van der Waals surface area contributed by atoms with Crippen LogP contribution in [0.15, 0.2) is 30.5 Å². The molecule has 2 aromatic rings. The third kappa shape index (κ3) is 3.31. The molecule has 0 radical (unpaired) electrons. The zero-order valence-electron chi connectivity index (χ0n) is 10.6. The Morgan fingerprint density at radius 1 is 1.35 bits per heavy atom. The Morgan fingerprint density at radius 3 is 2.65 bits per heavy atom. The Hall–Kier alpha value is -2.90. The molecule has 20 heavy (non-hydrogen) atoms. The standard InChI is InChI=1S/C12H12N4O4/c1-20-9-4-2-8(3-5-9)12(19)14-10-6-13-16(15-10)7-11(17)18/h2-6H,7H2,1H3,(H,17,18)(H,14,15,19). The van der Waals surface area contributed by atoms with Crippen molar-refractivity contribution in [1.29, 1.82) is 0 Å². The number of nitrogens with one attached hydrogen (secondary N) is 1. The maximum Gasteiger partial charge on any atom is 0.327 e. The van der Waals surface area contributed by atoms with Crippen molar-refractivity contribution < 1.29 is 19.4 Å². The largest absolute Gasteiger partial charge is 0.497 e. The average Bonchev–Trinajstić information content (AvgIpc) is 2.85. The van der Waals surface area contributed by atoms with Crippen LogP contribution >= 0.6 is 0 Å². The van der Waals surface area contributed by atoms with Gasteiger partial charge in [-0.2, -0.15) is 9.90 Å². The van der Waals surface area contributed by atoms with E-state index in [4.69, 9.17) is 9.84 Å². The van der Waals surface area contributed by atoms with Gasteiger partial charge in [-0.3, -0.25) is 9.59 Å². The number of nitrogens with zero attached hydrogens (tertiary/aromatic N) is 3. The van der Waals surface area contributed by atoms with Crippen LogP contribution in [0.3, 0.4) is 0 Å². The number of anilines is 1. The summed E-state index contributed by atoms with van der Waals surface area (Å²) < 4.78 is 4.99. The van der Waals surface area contributed by atoms with E-state index in [9.17, 15) is 9.59 Å². The van der Waals surface area contributed by atoms with Gasteiger partial charge in [0.15, 0.2) is 12.4 Å². The van der Waals surface area contributed by atoms with Gasteiger partial charge in [0.25, 0.3) is 5.91 Å². The number of amides is 1. The Bertz CT molecular complexity index is 621. The van der Waals surface area contributed by atoms with Gasteiger partial charge >= 0.3 is 5.97 Å². The van der Waals surface area contributed by atoms with Crippen LogP contribution in [0.1, 0.15) is 10.4 Å². The molecule has 1 heterocycles. The van der Waals surface area contributed by atoms with Crippen LogP contribution in [-0.4, -0.2) is 39.1 Å². The maximum atomic E-state index is 11.9. The number of carboxylic acid groups (broad SMARTS) is 1. The lowest BCUT2D eigenvalue weighted by Crippen LogP contribution is -2.14. The molecule has 0 aliphatic carbocycles. The zero-order chi connectivity index (χ0) is 14.5. The number of methoxy groups -OCH3 is 1. The first-order valence-electron chi connectivity index (χ1n) is 5.66. The highest BCUT2D eigenvalue weighted by atomic mass is 16.5. The normalized spacial score (nSPS) is 10.1. The number of hydrogen-bond acceptors (Lipinski definition) is 5. The highest BCUT2D eigenvalue weighted by Crippen LogP contribution is 2.12. The van der Waals surface area contributed by atoms with Crippen LogP contribution in [0.4, 0.5) is 5.82 Å². The number of carbonyl (C=O) groups is 2. The van der Waals surface area contributed by atoms with Crippen molar-refractivity contribution >= 4 is 17.7 Å². The molecule has 8 heteroatoms. The molecule has 0 bridgehead atoms. The maximum absolute atomic E-state index is 11.9. The van der Waals surface area contributed by atoms with Gasteiger partial charge in [-0.15, -0.1) is 5.10 Å². The van der Waals surface area contributed by atoms with Gasteiger partial charge in [-0.25, -0.2) is 0 Å². The number of hydrogen-bond donors (Lipinski definition) is 2. The van der Waals surface area contributed by atoms with Crippen molar-refractivity contribution in [2.75, 3.05) is 12.4 Å². The van der Waals surface area contributed by atoms with E-state index in [1.807, 2.05) is 0 Å². The van der Waals surface area contributed by atoms with Crippen LogP contribution in [-0.2, 0) is 11.3 Å². The first-order chi connectivity index (χ1) is 9.58. The first kappa shape index (κ1) is 13.5. The van der Waals surface area contributed by atoms with E-state index in [-0.39, 0.29) is 18.3 Å². The molecular weight excluding hydrogens is 264 g/mol. The van der Waals surface area contributed by atoms with E-state index >= 15 is 0 Å². The van der Waals surface area contributed by atoms with Crippen LogP contribution in [0.2, 0.25) is 0 Å². The summed E-state index contributed by atoms with van der Waals surface area (Å²) in [6.07, 6.45) is 1.28. The molecular formula is C12H12N4O4. The average molecular weight is 276 g/mol. The summed E-state index contributed by atoms with van der Waals surface area (Å²) in [6, 6.07) is 6.54. The minimum atomic E-state index is -1.06. The monoisotopic (exact) mass is 276 g/mol. The van der Waals surface area contributed by atoms with Gasteiger partial charge in [0.1, 0.15) is 5.75 Å². The van der Waals surface area contributed by atoms with Crippen molar-refractivity contribution in [1.82, 2.24) is 15.0 Å². The molecule has 0 saturated heterocycles. The van der Waals surface area contributed by atoms with Gasteiger partial charge in [-0.05, 0) is 24.3 Å². The molecule has 1 amide bonds. The fourth-order valence-electron chi connectivity index (χ4n) is 1.48. The SMILES string of the molecule is COc1ccc(C(=O)Nc2cnn(CC(=O)O)n2)cc1. The number of ether oxygens (including phenoxy) is 1. The molecule has 8 nitrogen and oxygen atoms in total. The number of aliphatic carboxylic acids is 1. The molecule has 0 unspecified atom stereocenters. The van der Waals surface area contributed by atoms with Gasteiger partial charge in [0.2, 0.25) is 0 Å². The molecule has 0 saturated carbocycles. The molecule has 0 aliphatic heterocycles. The summed E-state index contributed by atoms with van der Waals surface area (Å²) in [6.45, 7) is -0.363. The number of benzene rings is 1. The molecule has 1 aromatic carbocycles. The van der Waals surface area contributed by atoms with Crippen LogP contribution in [0.25, 0.3) is 0 Å². The molecule has 0 fully saturated rings. The van der Waals surface area contributed by atoms with Gasteiger partial charge < -0.3 is 15.2 Å². The number of carboxylic acids is 1. The quantitative estimate of drug-likeness (QED) is 0.829.